The fourth-order valence-corrected chi connectivity index (χ4v) is 2.97. The molecule has 114 valence electrons. The molecular weight excluding hydrogens is 270 g/mol. The van der Waals surface area contributed by atoms with E-state index in [-0.39, 0.29) is 11.8 Å². The van der Waals surface area contributed by atoms with E-state index >= 15 is 0 Å². The van der Waals surface area contributed by atoms with Crippen LogP contribution in [-0.4, -0.2) is 33.0 Å². The molecule has 0 radical (unpaired) electrons. The van der Waals surface area contributed by atoms with Crippen molar-refractivity contribution >= 4 is 9.84 Å². The Morgan fingerprint density at radius 1 is 1.25 bits per heavy atom. The van der Waals surface area contributed by atoms with Crippen LogP contribution in [0.2, 0.25) is 0 Å². The highest BCUT2D eigenvalue weighted by Crippen LogP contribution is 2.10. The summed E-state index contributed by atoms with van der Waals surface area (Å²) in [5.74, 6) is 0.266. The van der Waals surface area contributed by atoms with Crippen molar-refractivity contribution in [2.75, 3.05) is 18.6 Å². The zero-order valence-electron chi connectivity index (χ0n) is 12.9. The molecular formula is C16H27NO2S. The monoisotopic (exact) mass is 297 g/mol. The van der Waals surface area contributed by atoms with Crippen molar-refractivity contribution in [3.05, 3.63) is 35.4 Å². The van der Waals surface area contributed by atoms with E-state index in [2.05, 4.69) is 43.4 Å². The van der Waals surface area contributed by atoms with Crippen LogP contribution >= 0.6 is 0 Å². The Morgan fingerprint density at radius 3 is 2.60 bits per heavy atom. The van der Waals surface area contributed by atoms with Gasteiger partial charge in [0.25, 0.3) is 0 Å². The third-order valence-electron chi connectivity index (χ3n) is 3.38. The summed E-state index contributed by atoms with van der Waals surface area (Å²) in [6, 6.07) is 8.80. The molecule has 0 heterocycles. The van der Waals surface area contributed by atoms with Crippen molar-refractivity contribution in [2.45, 2.75) is 45.6 Å². The maximum absolute atomic E-state index is 11.3. The molecule has 4 heteroatoms. The molecule has 0 amide bonds. The van der Waals surface area contributed by atoms with Crippen LogP contribution < -0.4 is 5.32 Å². The Hall–Kier alpha value is -0.870. The number of aryl methyl sites for hydroxylation is 2. The van der Waals surface area contributed by atoms with Gasteiger partial charge in [-0.3, -0.25) is 0 Å². The van der Waals surface area contributed by atoms with Gasteiger partial charge in [0.15, 0.2) is 0 Å². The predicted molar refractivity (Wildman–Crippen MR) is 85.9 cm³/mol. The molecule has 0 aromatic heterocycles. The van der Waals surface area contributed by atoms with Crippen molar-refractivity contribution < 1.29 is 8.42 Å². The number of sulfone groups is 1. The van der Waals surface area contributed by atoms with Gasteiger partial charge in [0, 0.05) is 12.3 Å². The van der Waals surface area contributed by atoms with Gasteiger partial charge in [-0.15, -0.1) is 0 Å². The van der Waals surface area contributed by atoms with Crippen molar-refractivity contribution in [3.8, 4) is 0 Å². The van der Waals surface area contributed by atoms with Gasteiger partial charge in [0.2, 0.25) is 0 Å². The molecule has 0 saturated carbocycles. The van der Waals surface area contributed by atoms with Gasteiger partial charge >= 0.3 is 0 Å². The van der Waals surface area contributed by atoms with Gasteiger partial charge in [-0.1, -0.05) is 36.8 Å². The lowest BCUT2D eigenvalue weighted by molar-refractivity contribution is 0.466. The second-order valence-electron chi connectivity index (χ2n) is 5.60. The highest BCUT2D eigenvalue weighted by Gasteiger charge is 2.11. The minimum Gasteiger partial charge on any atom is -0.314 e. The van der Waals surface area contributed by atoms with Crippen LogP contribution in [0, 0.1) is 6.92 Å². The van der Waals surface area contributed by atoms with Crippen LogP contribution in [0.3, 0.4) is 0 Å². The van der Waals surface area contributed by atoms with Crippen LogP contribution in [-0.2, 0) is 16.3 Å². The number of rotatable bonds is 9. The van der Waals surface area contributed by atoms with E-state index < -0.39 is 9.84 Å². The van der Waals surface area contributed by atoms with Crippen LogP contribution in [0.1, 0.15) is 37.3 Å². The summed E-state index contributed by atoms with van der Waals surface area (Å²) in [6.07, 6.45) is 5.06. The van der Waals surface area contributed by atoms with E-state index in [9.17, 15) is 8.42 Å². The van der Waals surface area contributed by atoms with Gasteiger partial charge in [-0.2, -0.15) is 0 Å². The lowest BCUT2D eigenvalue weighted by Gasteiger charge is -2.18. The van der Waals surface area contributed by atoms with Crippen LogP contribution in [0.5, 0.6) is 0 Å². The maximum atomic E-state index is 11.3. The number of hydrogen-bond donors (Lipinski definition) is 1. The molecule has 1 N–H and O–H groups in total. The topological polar surface area (TPSA) is 46.2 Å². The zero-order chi connectivity index (χ0) is 15.0. The molecule has 1 aromatic rings. The third-order valence-corrected chi connectivity index (χ3v) is 4.36. The van der Waals surface area contributed by atoms with E-state index in [4.69, 9.17) is 0 Å². The summed E-state index contributed by atoms with van der Waals surface area (Å²) >= 11 is 0. The van der Waals surface area contributed by atoms with Crippen molar-refractivity contribution in [1.82, 2.24) is 5.32 Å². The maximum Gasteiger partial charge on any atom is 0.147 e. The van der Waals surface area contributed by atoms with E-state index in [0.717, 1.165) is 25.8 Å². The first kappa shape index (κ1) is 17.2. The first-order valence-corrected chi connectivity index (χ1v) is 9.43. The van der Waals surface area contributed by atoms with Gasteiger partial charge in [0.1, 0.15) is 9.84 Å². The number of benzene rings is 1. The summed E-state index contributed by atoms with van der Waals surface area (Å²) in [5.41, 5.74) is 2.60. The number of hydrogen-bond acceptors (Lipinski definition) is 3. The summed E-state index contributed by atoms with van der Waals surface area (Å²) in [7, 11) is -2.87. The Morgan fingerprint density at radius 2 is 2.00 bits per heavy atom. The highest BCUT2D eigenvalue weighted by atomic mass is 32.2. The fourth-order valence-electron chi connectivity index (χ4n) is 2.26. The Balaban J connectivity index is 2.51. The fraction of sp³-hybridized carbons (Fsp3) is 0.625. The summed E-state index contributed by atoms with van der Waals surface area (Å²) in [4.78, 5) is 0. The van der Waals surface area contributed by atoms with Gasteiger partial charge in [0.05, 0.1) is 5.75 Å². The third kappa shape index (κ3) is 7.65. The van der Waals surface area contributed by atoms with Gasteiger partial charge < -0.3 is 5.32 Å². The van der Waals surface area contributed by atoms with Crippen LogP contribution in [0.15, 0.2) is 24.3 Å². The quantitative estimate of drug-likeness (QED) is 0.762. The Bertz CT molecular complexity index is 497. The second-order valence-corrected chi connectivity index (χ2v) is 7.86. The van der Waals surface area contributed by atoms with Crippen molar-refractivity contribution in [3.63, 3.8) is 0 Å². The summed E-state index contributed by atoms with van der Waals surface area (Å²) < 4.78 is 22.6. The van der Waals surface area contributed by atoms with E-state index in [1.807, 2.05) is 0 Å². The molecule has 1 atom stereocenters. The Kier molecular flexibility index (Phi) is 7.24. The standard InChI is InChI=1S/C16H27NO2S/c1-4-11-17-16(10-12-20(3,18)19)9-8-15-7-5-6-14(2)13-15/h5-7,13,16-17H,4,8-12H2,1-3H3. The van der Waals surface area contributed by atoms with Crippen molar-refractivity contribution in [1.29, 1.82) is 0 Å². The predicted octanol–water partition coefficient (Wildman–Crippen LogP) is 2.73. The molecule has 0 fully saturated rings. The van der Waals surface area contributed by atoms with E-state index in [1.165, 1.54) is 17.4 Å². The molecule has 0 aliphatic heterocycles. The minimum absolute atomic E-state index is 0.266. The van der Waals surface area contributed by atoms with Crippen LogP contribution in [0.4, 0.5) is 0 Å². The molecule has 0 saturated heterocycles. The lowest BCUT2D eigenvalue weighted by atomic mass is 10.0. The largest absolute Gasteiger partial charge is 0.314 e. The molecule has 0 spiro atoms. The molecule has 20 heavy (non-hydrogen) atoms. The molecule has 0 aliphatic carbocycles. The molecule has 1 rings (SSSR count). The van der Waals surface area contributed by atoms with Crippen molar-refractivity contribution in [2.24, 2.45) is 0 Å². The van der Waals surface area contributed by atoms with E-state index in [0.29, 0.717) is 6.42 Å². The van der Waals surface area contributed by atoms with Crippen LogP contribution in [0.25, 0.3) is 0 Å². The second kappa shape index (κ2) is 8.42. The molecule has 3 nitrogen and oxygen atoms in total. The lowest BCUT2D eigenvalue weighted by Crippen LogP contribution is -2.32. The average Bonchev–Trinajstić information content (AvgIpc) is 2.37. The molecule has 1 aromatic carbocycles. The van der Waals surface area contributed by atoms with Gasteiger partial charge in [-0.25, -0.2) is 8.42 Å². The van der Waals surface area contributed by atoms with E-state index in [1.54, 1.807) is 0 Å². The average molecular weight is 297 g/mol. The first-order valence-electron chi connectivity index (χ1n) is 7.37. The Labute approximate surface area is 123 Å². The smallest absolute Gasteiger partial charge is 0.147 e. The molecule has 0 bridgehead atoms. The highest BCUT2D eigenvalue weighted by molar-refractivity contribution is 7.90. The number of nitrogens with one attached hydrogen (secondary N) is 1. The minimum atomic E-state index is -2.87. The van der Waals surface area contributed by atoms with Gasteiger partial charge in [-0.05, 0) is 44.7 Å². The zero-order valence-corrected chi connectivity index (χ0v) is 13.7. The normalized spacial score (nSPS) is 13.3. The summed E-state index contributed by atoms with van der Waals surface area (Å²) in [6.45, 7) is 5.17. The molecule has 0 aliphatic rings. The molecule has 1 unspecified atom stereocenters. The first-order chi connectivity index (χ1) is 9.40. The SMILES string of the molecule is CCCNC(CCc1cccc(C)c1)CCS(C)(=O)=O. The summed E-state index contributed by atoms with van der Waals surface area (Å²) in [5, 5.41) is 3.46.